The molecule has 2 aromatic rings. The van der Waals surface area contributed by atoms with Crippen LogP contribution in [0.25, 0.3) is 0 Å². The zero-order chi connectivity index (χ0) is 14.8. The van der Waals surface area contributed by atoms with E-state index in [4.69, 9.17) is 26.8 Å². The van der Waals surface area contributed by atoms with Crippen molar-refractivity contribution in [3.05, 3.63) is 57.9 Å². The van der Waals surface area contributed by atoms with Gasteiger partial charge in [0.15, 0.2) is 11.6 Å². The number of para-hydroxylation sites is 1. The molecule has 1 aliphatic heterocycles. The number of fused-ring (bicyclic) bond motifs is 1. The smallest absolute Gasteiger partial charge is 0.165 e. The van der Waals surface area contributed by atoms with E-state index in [2.05, 4.69) is 0 Å². The molecule has 2 aromatic carbocycles. The van der Waals surface area contributed by atoms with Crippen LogP contribution in [0.15, 0.2) is 30.3 Å². The summed E-state index contributed by atoms with van der Waals surface area (Å²) in [5.74, 6) is 0.564. The zero-order valence-electron chi connectivity index (χ0n) is 11.4. The average Bonchev–Trinajstić information content (AvgIpc) is 2.93. The quantitative estimate of drug-likeness (QED) is 0.941. The van der Waals surface area contributed by atoms with Gasteiger partial charge >= 0.3 is 0 Å². The summed E-state index contributed by atoms with van der Waals surface area (Å²) >= 11 is 6.09. The van der Waals surface area contributed by atoms with Crippen LogP contribution in [0.1, 0.15) is 16.7 Å². The summed E-state index contributed by atoms with van der Waals surface area (Å²) in [6.07, 6.45) is 0.830. The maximum atomic E-state index is 13.9. The Morgan fingerprint density at radius 2 is 2.14 bits per heavy atom. The lowest BCUT2D eigenvalue weighted by atomic mass is 10.1. The maximum Gasteiger partial charge on any atom is 0.165 e. The van der Waals surface area contributed by atoms with Crippen molar-refractivity contribution >= 4 is 11.6 Å². The summed E-state index contributed by atoms with van der Waals surface area (Å²) in [7, 11) is 0. The predicted octanol–water partition coefficient (Wildman–Crippen LogP) is 3.45. The van der Waals surface area contributed by atoms with Crippen molar-refractivity contribution in [1.29, 1.82) is 0 Å². The summed E-state index contributed by atoms with van der Waals surface area (Å²) in [4.78, 5) is 0. The van der Waals surface area contributed by atoms with Crippen molar-refractivity contribution in [1.82, 2.24) is 0 Å². The van der Waals surface area contributed by atoms with E-state index in [1.165, 1.54) is 6.07 Å². The van der Waals surface area contributed by atoms with Crippen LogP contribution in [-0.2, 0) is 19.6 Å². The maximum absolute atomic E-state index is 13.9. The first-order valence-electron chi connectivity index (χ1n) is 6.73. The third kappa shape index (κ3) is 2.82. The van der Waals surface area contributed by atoms with Gasteiger partial charge < -0.3 is 15.2 Å². The zero-order valence-corrected chi connectivity index (χ0v) is 12.1. The van der Waals surface area contributed by atoms with E-state index in [1.807, 2.05) is 6.07 Å². The van der Waals surface area contributed by atoms with Crippen LogP contribution in [0.4, 0.5) is 4.39 Å². The molecule has 0 fully saturated rings. The topological polar surface area (TPSA) is 44.5 Å². The largest absolute Gasteiger partial charge is 0.493 e. The van der Waals surface area contributed by atoms with Crippen molar-refractivity contribution in [2.24, 2.45) is 5.73 Å². The third-order valence-corrected chi connectivity index (χ3v) is 3.68. The molecular weight excluding hydrogens is 293 g/mol. The second-order valence-corrected chi connectivity index (χ2v) is 5.31. The molecule has 5 heteroatoms. The molecule has 110 valence electrons. The number of benzene rings is 2. The average molecular weight is 308 g/mol. The summed E-state index contributed by atoms with van der Waals surface area (Å²) in [6.45, 7) is 1.05. The van der Waals surface area contributed by atoms with E-state index in [1.54, 1.807) is 18.2 Å². The molecular formula is C16H15ClFNO2. The number of hydrogen-bond donors (Lipinski definition) is 1. The van der Waals surface area contributed by atoms with Gasteiger partial charge in [0, 0.05) is 29.1 Å². The van der Waals surface area contributed by atoms with Crippen LogP contribution in [-0.4, -0.2) is 6.61 Å². The van der Waals surface area contributed by atoms with Gasteiger partial charge in [-0.2, -0.15) is 0 Å². The van der Waals surface area contributed by atoms with Crippen LogP contribution < -0.4 is 15.2 Å². The lowest BCUT2D eigenvalue weighted by Gasteiger charge is -2.13. The lowest BCUT2D eigenvalue weighted by Crippen LogP contribution is -2.05. The fourth-order valence-corrected chi connectivity index (χ4v) is 2.74. The molecule has 2 N–H and O–H groups in total. The van der Waals surface area contributed by atoms with Crippen LogP contribution in [0.5, 0.6) is 11.5 Å². The fourth-order valence-electron chi connectivity index (χ4n) is 2.48. The number of halogens is 2. The number of rotatable bonds is 4. The van der Waals surface area contributed by atoms with Crippen LogP contribution in [0, 0.1) is 5.82 Å². The standard InChI is InChI=1S/C16H15ClFNO2/c17-13-6-10-4-5-20-15(10)12(7-13)9-21-16-11(8-19)2-1-3-14(16)18/h1-3,6-7H,4-5,8-9,19H2. The minimum Gasteiger partial charge on any atom is -0.493 e. The molecule has 0 spiro atoms. The van der Waals surface area contributed by atoms with E-state index in [0.717, 1.165) is 23.3 Å². The highest BCUT2D eigenvalue weighted by molar-refractivity contribution is 6.30. The molecule has 0 aliphatic carbocycles. The lowest BCUT2D eigenvalue weighted by molar-refractivity contribution is 0.276. The molecule has 0 radical (unpaired) electrons. The van der Waals surface area contributed by atoms with E-state index >= 15 is 0 Å². The molecule has 0 amide bonds. The first-order valence-corrected chi connectivity index (χ1v) is 7.11. The Morgan fingerprint density at radius 3 is 2.95 bits per heavy atom. The van der Waals surface area contributed by atoms with Crippen LogP contribution in [0.3, 0.4) is 0 Å². The van der Waals surface area contributed by atoms with E-state index in [0.29, 0.717) is 17.2 Å². The van der Waals surface area contributed by atoms with Gasteiger partial charge in [0.1, 0.15) is 12.4 Å². The van der Waals surface area contributed by atoms with Gasteiger partial charge in [-0.3, -0.25) is 0 Å². The van der Waals surface area contributed by atoms with Gasteiger partial charge in [-0.15, -0.1) is 0 Å². The minimum absolute atomic E-state index is 0.187. The Bertz CT molecular complexity index is 676. The number of hydrogen-bond acceptors (Lipinski definition) is 3. The SMILES string of the molecule is NCc1cccc(F)c1OCc1cc(Cl)cc2c1OCC2. The van der Waals surface area contributed by atoms with Gasteiger partial charge in [0.2, 0.25) is 0 Å². The summed E-state index contributed by atoms with van der Waals surface area (Å²) < 4.78 is 25.1. The van der Waals surface area contributed by atoms with Crippen LogP contribution in [0.2, 0.25) is 5.02 Å². The van der Waals surface area contributed by atoms with Crippen molar-refractivity contribution in [3.8, 4) is 11.5 Å². The number of ether oxygens (including phenoxy) is 2. The van der Waals surface area contributed by atoms with Crippen LogP contribution >= 0.6 is 11.6 Å². The van der Waals surface area contributed by atoms with Crippen molar-refractivity contribution < 1.29 is 13.9 Å². The van der Waals surface area contributed by atoms with Gasteiger partial charge in [0.25, 0.3) is 0 Å². The summed E-state index contributed by atoms with van der Waals surface area (Å²) in [6, 6.07) is 8.39. The monoisotopic (exact) mass is 307 g/mol. The third-order valence-electron chi connectivity index (χ3n) is 3.47. The Hall–Kier alpha value is -1.78. The highest BCUT2D eigenvalue weighted by Crippen LogP contribution is 2.34. The van der Waals surface area contributed by atoms with Crippen molar-refractivity contribution in [2.45, 2.75) is 19.6 Å². The first-order chi connectivity index (χ1) is 10.2. The minimum atomic E-state index is -0.419. The normalized spacial score (nSPS) is 12.9. The highest BCUT2D eigenvalue weighted by atomic mass is 35.5. The highest BCUT2D eigenvalue weighted by Gasteiger charge is 2.18. The molecule has 1 heterocycles. The molecule has 21 heavy (non-hydrogen) atoms. The van der Waals surface area contributed by atoms with Gasteiger partial charge in [0.05, 0.1) is 6.61 Å². The van der Waals surface area contributed by atoms with E-state index < -0.39 is 5.82 Å². The van der Waals surface area contributed by atoms with Gasteiger partial charge in [-0.25, -0.2) is 4.39 Å². The number of nitrogens with two attached hydrogens (primary N) is 1. The molecule has 0 saturated carbocycles. The summed E-state index contributed by atoms with van der Waals surface area (Å²) in [5, 5.41) is 0.630. The molecule has 0 atom stereocenters. The van der Waals surface area contributed by atoms with Crippen molar-refractivity contribution in [2.75, 3.05) is 6.61 Å². The fraction of sp³-hybridized carbons (Fsp3) is 0.250. The summed E-state index contributed by atoms with van der Waals surface area (Å²) in [5.41, 5.74) is 8.13. The van der Waals surface area contributed by atoms with E-state index in [9.17, 15) is 4.39 Å². The molecule has 0 aromatic heterocycles. The molecule has 1 aliphatic rings. The second kappa shape index (κ2) is 5.92. The van der Waals surface area contributed by atoms with Gasteiger partial charge in [-0.1, -0.05) is 23.7 Å². The molecule has 0 saturated heterocycles. The molecule has 0 bridgehead atoms. The molecule has 3 nitrogen and oxygen atoms in total. The molecule has 3 rings (SSSR count). The Balaban J connectivity index is 1.86. The van der Waals surface area contributed by atoms with E-state index in [-0.39, 0.29) is 18.9 Å². The Morgan fingerprint density at radius 1 is 1.29 bits per heavy atom. The van der Waals surface area contributed by atoms with Gasteiger partial charge in [-0.05, 0) is 23.8 Å². The first kappa shape index (κ1) is 14.2. The predicted molar refractivity (Wildman–Crippen MR) is 79.3 cm³/mol. The van der Waals surface area contributed by atoms with Crippen molar-refractivity contribution in [3.63, 3.8) is 0 Å². The Kier molecular flexibility index (Phi) is 3.99. The Labute approximate surface area is 127 Å². The second-order valence-electron chi connectivity index (χ2n) is 4.87. The molecule has 0 unspecified atom stereocenters.